The first-order valence-corrected chi connectivity index (χ1v) is 18.7. The van der Waals surface area contributed by atoms with Gasteiger partial charge in [-0.3, -0.25) is 0 Å². The van der Waals surface area contributed by atoms with Gasteiger partial charge in [-0.15, -0.1) is 0 Å². The standard InChI is InChI=1S/C37H75NO.ClH/c1-4-7-9-11-13-15-17-19-21-23-25-27-29-31-33-35-37(38)36(6-3,39-37)34-32-30-28-26-24-22-20-18-16-14-12-10-8-5-2;/h4-35,38H2,1-3H3;1H. The largest absolute Gasteiger partial charge is 1.00 e. The van der Waals surface area contributed by atoms with Crippen molar-refractivity contribution in [2.75, 3.05) is 0 Å². The third-order valence-electron chi connectivity index (χ3n) is 9.87. The molecule has 0 radical (unpaired) electrons. The van der Waals surface area contributed by atoms with E-state index in [9.17, 15) is 0 Å². The van der Waals surface area contributed by atoms with Crippen molar-refractivity contribution in [2.24, 2.45) is 0 Å². The second-order valence-electron chi connectivity index (χ2n) is 13.5. The average molecular weight is 586 g/mol. The van der Waals surface area contributed by atoms with Gasteiger partial charge in [0.15, 0.2) is 5.60 Å². The molecule has 1 aliphatic rings. The Hall–Kier alpha value is 0.210. The molecule has 0 aromatic carbocycles. The lowest BCUT2D eigenvalue weighted by Gasteiger charge is -2.13. The van der Waals surface area contributed by atoms with Crippen LogP contribution in [0.1, 0.15) is 226 Å². The second kappa shape index (κ2) is 28.0. The number of quaternary nitrogens is 1. The number of hydrogen-bond donors (Lipinski definition) is 1. The molecule has 2 atom stereocenters. The van der Waals surface area contributed by atoms with E-state index in [-0.39, 0.29) is 23.7 Å². The SMILES string of the molecule is CCCCCCCCCCCCCCCCCC1([NH3+])OC1(CC)CCCCCCCCCCCCCCCC.[Cl-]. The van der Waals surface area contributed by atoms with E-state index in [0.29, 0.717) is 0 Å². The molecule has 0 spiro atoms. The highest BCUT2D eigenvalue weighted by Crippen LogP contribution is 2.51. The Bertz CT molecular complexity index is 514. The first-order chi connectivity index (χ1) is 19.1. The Labute approximate surface area is 259 Å². The molecule has 1 fully saturated rings. The van der Waals surface area contributed by atoms with E-state index in [1.54, 1.807) is 0 Å². The normalized spacial score (nSPS) is 20.1. The third-order valence-corrected chi connectivity index (χ3v) is 9.87. The second-order valence-corrected chi connectivity index (χ2v) is 13.5. The number of halogens is 1. The summed E-state index contributed by atoms with van der Waals surface area (Å²) in [5.41, 5.74) is 4.62. The fourth-order valence-electron chi connectivity index (χ4n) is 6.86. The number of rotatable bonds is 32. The van der Waals surface area contributed by atoms with Gasteiger partial charge in [-0.25, -0.2) is 0 Å². The molecule has 0 aromatic rings. The molecule has 3 N–H and O–H groups in total. The van der Waals surface area contributed by atoms with Crippen LogP contribution < -0.4 is 18.1 Å². The fraction of sp³-hybridized carbons (Fsp3) is 1.00. The zero-order valence-corrected chi connectivity index (χ0v) is 28.9. The van der Waals surface area contributed by atoms with E-state index >= 15 is 0 Å². The first kappa shape index (κ1) is 40.2. The molecule has 1 aliphatic heterocycles. The maximum Gasteiger partial charge on any atom is 0.229 e. The Morgan fingerprint density at radius 3 is 0.900 bits per heavy atom. The van der Waals surface area contributed by atoms with Gasteiger partial charge in [0.25, 0.3) is 0 Å². The van der Waals surface area contributed by atoms with Gasteiger partial charge in [0.05, 0.1) is 0 Å². The van der Waals surface area contributed by atoms with Crippen LogP contribution in [0.5, 0.6) is 0 Å². The van der Waals surface area contributed by atoms with Crippen LogP contribution >= 0.6 is 0 Å². The number of epoxide rings is 1. The van der Waals surface area contributed by atoms with Gasteiger partial charge in [0.1, 0.15) is 0 Å². The molecule has 0 aromatic heterocycles. The highest BCUT2D eigenvalue weighted by Gasteiger charge is 2.69. The zero-order chi connectivity index (χ0) is 28.3. The molecule has 1 rings (SSSR count). The van der Waals surface area contributed by atoms with E-state index in [1.807, 2.05) is 0 Å². The van der Waals surface area contributed by atoms with Crippen molar-refractivity contribution in [3.8, 4) is 0 Å². The van der Waals surface area contributed by atoms with Gasteiger partial charge >= 0.3 is 0 Å². The molecule has 40 heavy (non-hydrogen) atoms. The van der Waals surface area contributed by atoms with Crippen LogP contribution in [0.2, 0.25) is 0 Å². The lowest BCUT2D eigenvalue weighted by atomic mass is 9.88. The third kappa shape index (κ3) is 20.2. The summed E-state index contributed by atoms with van der Waals surface area (Å²) < 4.78 is 6.36. The number of hydrogen-bond acceptors (Lipinski definition) is 1. The van der Waals surface area contributed by atoms with Crippen LogP contribution in [0, 0.1) is 0 Å². The summed E-state index contributed by atoms with van der Waals surface area (Å²) in [7, 11) is 0. The van der Waals surface area contributed by atoms with Crippen LogP contribution in [-0.4, -0.2) is 11.3 Å². The summed E-state index contributed by atoms with van der Waals surface area (Å²) in [6.07, 6.45) is 45.1. The summed E-state index contributed by atoms with van der Waals surface area (Å²) in [4.78, 5) is 0. The van der Waals surface area contributed by atoms with E-state index in [2.05, 4.69) is 26.5 Å². The monoisotopic (exact) mass is 586 g/mol. The average Bonchev–Trinajstić information content (AvgIpc) is 3.54. The van der Waals surface area contributed by atoms with Crippen molar-refractivity contribution in [3.63, 3.8) is 0 Å². The summed E-state index contributed by atoms with van der Waals surface area (Å²) in [6.45, 7) is 6.93. The molecule has 0 bridgehead atoms. The maximum absolute atomic E-state index is 6.36. The smallest absolute Gasteiger partial charge is 0.229 e. The molecule has 0 amide bonds. The summed E-state index contributed by atoms with van der Waals surface area (Å²) in [5.74, 6) is 0. The molecule has 2 unspecified atom stereocenters. The highest BCUT2D eigenvalue weighted by atomic mass is 35.5. The van der Waals surface area contributed by atoms with Crippen molar-refractivity contribution < 1.29 is 22.9 Å². The zero-order valence-electron chi connectivity index (χ0n) is 28.1. The highest BCUT2D eigenvalue weighted by molar-refractivity contribution is 5.06. The van der Waals surface area contributed by atoms with E-state index in [4.69, 9.17) is 4.74 Å². The summed E-state index contributed by atoms with van der Waals surface area (Å²) in [6, 6.07) is 0. The topological polar surface area (TPSA) is 40.2 Å². The lowest BCUT2D eigenvalue weighted by Crippen LogP contribution is -3.00. The Kier molecular flexibility index (Phi) is 28.2. The predicted octanol–water partition coefficient (Wildman–Crippen LogP) is 9.24. The Morgan fingerprint density at radius 1 is 0.375 bits per heavy atom. The molecule has 242 valence electrons. The number of ether oxygens (including phenoxy) is 1. The van der Waals surface area contributed by atoms with Crippen LogP contribution in [0.15, 0.2) is 0 Å². The van der Waals surface area contributed by atoms with E-state index in [1.165, 1.54) is 199 Å². The molecule has 0 aliphatic carbocycles. The summed E-state index contributed by atoms with van der Waals surface area (Å²) >= 11 is 0. The Balaban J connectivity index is 0.0000152. The fourth-order valence-corrected chi connectivity index (χ4v) is 6.86. The Morgan fingerprint density at radius 2 is 0.625 bits per heavy atom. The quantitative estimate of drug-likeness (QED) is 0.0620. The van der Waals surface area contributed by atoms with Gasteiger partial charge < -0.3 is 22.9 Å². The predicted molar refractivity (Wildman–Crippen MR) is 174 cm³/mol. The van der Waals surface area contributed by atoms with Crippen LogP contribution in [-0.2, 0) is 4.74 Å². The van der Waals surface area contributed by atoms with Crippen molar-refractivity contribution >= 4 is 0 Å². The van der Waals surface area contributed by atoms with Gasteiger partial charge in [-0.1, -0.05) is 201 Å². The van der Waals surface area contributed by atoms with Crippen LogP contribution in [0.4, 0.5) is 0 Å². The molecule has 0 saturated carbocycles. The van der Waals surface area contributed by atoms with E-state index in [0.717, 1.165) is 6.42 Å². The summed E-state index contributed by atoms with van der Waals surface area (Å²) in [5, 5.41) is 0. The number of unbranched alkanes of at least 4 members (excludes halogenated alkanes) is 27. The van der Waals surface area contributed by atoms with Crippen molar-refractivity contribution in [3.05, 3.63) is 0 Å². The van der Waals surface area contributed by atoms with Gasteiger partial charge in [0.2, 0.25) is 5.72 Å². The van der Waals surface area contributed by atoms with Gasteiger partial charge in [-0.2, -0.15) is 0 Å². The molecule has 2 nitrogen and oxygen atoms in total. The molecule has 1 saturated heterocycles. The maximum atomic E-state index is 6.36. The molecule has 3 heteroatoms. The molecular weight excluding hydrogens is 510 g/mol. The van der Waals surface area contributed by atoms with E-state index < -0.39 is 0 Å². The van der Waals surface area contributed by atoms with Crippen molar-refractivity contribution in [1.29, 1.82) is 0 Å². The van der Waals surface area contributed by atoms with Crippen LogP contribution in [0.3, 0.4) is 0 Å². The molecule has 1 heterocycles. The first-order valence-electron chi connectivity index (χ1n) is 18.7. The van der Waals surface area contributed by atoms with Gasteiger partial charge in [0, 0.05) is 6.42 Å². The van der Waals surface area contributed by atoms with Crippen LogP contribution in [0.25, 0.3) is 0 Å². The minimum absolute atomic E-state index is 0. The molecular formula is C37H76ClNO. The minimum Gasteiger partial charge on any atom is -1.00 e. The van der Waals surface area contributed by atoms with Crippen molar-refractivity contribution in [1.82, 2.24) is 0 Å². The lowest BCUT2D eigenvalue weighted by molar-refractivity contribution is -0.474. The van der Waals surface area contributed by atoms with Crippen molar-refractivity contribution in [2.45, 2.75) is 238 Å². The minimum atomic E-state index is -0.0607. The van der Waals surface area contributed by atoms with Gasteiger partial charge in [-0.05, 0) is 19.3 Å².